The van der Waals surface area contributed by atoms with Crippen LogP contribution in [-0.2, 0) is 11.3 Å². The standard InChI is InChI=1S/C19H30N4O3/c1-6-25-16-9-7-8-14(10-16)11-21-17(20-5)22-15-12-23(13-15)18(24)26-19(2,3)4/h7-10,15H,6,11-13H2,1-5H3,(H2,20,21,22). The van der Waals surface area contributed by atoms with Crippen LogP contribution in [0.3, 0.4) is 0 Å². The van der Waals surface area contributed by atoms with Crippen LogP contribution in [0, 0.1) is 0 Å². The first-order chi connectivity index (χ1) is 12.3. The molecule has 0 saturated carbocycles. The molecule has 2 N–H and O–H groups in total. The van der Waals surface area contributed by atoms with Crippen LogP contribution in [0.1, 0.15) is 33.3 Å². The lowest BCUT2D eigenvalue weighted by molar-refractivity contribution is 0.00701. The summed E-state index contributed by atoms with van der Waals surface area (Å²) in [5.41, 5.74) is 0.645. The zero-order chi connectivity index (χ0) is 19.2. The predicted octanol–water partition coefficient (Wildman–Crippen LogP) is 2.37. The van der Waals surface area contributed by atoms with Crippen molar-refractivity contribution in [3.63, 3.8) is 0 Å². The molecule has 0 bridgehead atoms. The Balaban J connectivity index is 1.76. The van der Waals surface area contributed by atoms with Gasteiger partial charge in [-0.3, -0.25) is 4.99 Å². The highest BCUT2D eigenvalue weighted by molar-refractivity contribution is 5.80. The molecule has 7 heteroatoms. The van der Waals surface area contributed by atoms with Crippen LogP contribution in [-0.4, -0.2) is 55.3 Å². The number of benzene rings is 1. The molecule has 7 nitrogen and oxygen atoms in total. The Bertz CT molecular complexity index is 634. The summed E-state index contributed by atoms with van der Waals surface area (Å²) in [5, 5.41) is 6.60. The molecule has 0 spiro atoms. The topological polar surface area (TPSA) is 75.2 Å². The number of amides is 1. The summed E-state index contributed by atoms with van der Waals surface area (Å²) in [6, 6.07) is 8.14. The monoisotopic (exact) mass is 362 g/mol. The maximum Gasteiger partial charge on any atom is 0.410 e. The molecule has 0 radical (unpaired) electrons. The molecular weight excluding hydrogens is 332 g/mol. The van der Waals surface area contributed by atoms with Gasteiger partial charge in [0.25, 0.3) is 0 Å². The van der Waals surface area contributed by atoms with E-state index in [1.54, 1.807) is 11.9 Å². The van der Waals surface area contributed by atoms with E-state index in [-0.39, 0.29) is 12.1 Å². The van der Waals surface area contributed by atoms with Gasteiger partial charge in [0.15, 0.2) is 5.96 Å². The van der Waals surface area contributed by atoms with Crippen molar-refractivity contribution in [2.24, 2.45) is 4.99 Å². The third-order valence-corrected chi connectivity index (χ3v) is 3.77. The average Bonchev–Trinajstić information content (AvgIpc) is 2.52. The second-order valence-electron chi connectivity index (χ2n) is 7.23. The number of likely N-dealkylation sites (tertiary alicyclic amines) is 1. The molecule has 1 amide bonds. The summed E-state index contributed by atoms with van der Waals surface area (Å²) in [6.45, 7) is 10.1. The normalized spacial score (nSPS) is 15.3. The minimum atomic E-state index is -0.469. The quantitative estimate of drug-likeness (QED) is 0.621. The number of hydrogen-bond donors (Lipinski definition) is 2. The first-order valence-corrected chi connectivity index (χ1v) is 8.97. The van der Waals surface area contributed by atoms with E-state index in [0.717, 1.165) is 11.3 Å². The number of carbonyl (C=O) groups is 1. The van der Waals surface area contributed by atoms with E-state index >= 15 is 0 Å². The van der Waals surface area contributed by atoms with Crippen molar-refractivity contribution < 1.29 is 14.3 Å². The zero-order valence-corrected chi connectivity index (χ0v) is 16.3. The summed E-state index contributed by atoms with van der Waals surface area (Å²) in [7, 11) is 1.73. The fourth-order valence-corrected chi connectivity index (χ4v) is 2.53. The molecule has 1 aromatic carbocycles. The minimum Gasteiger partial charge on any atom is -0.494 e. The lowest BCUT2D eigenvalue weighted by Gasteiger charge is -2.40. The van der Waals surface area contributed by atoms with Crippen LogP contribution in [0.25, 0.3) is 0 Å². The van der Waals surface area contributed by atoms with Crippen LogP contribution >= 0.6 is 0 Å². The number of rotatable bonds is 5. The van der Waals surface area contributed by atoms with E-state index in [9.17, 15) is 4.79 Å². The van der Waals surface area contributed by atoms with E-state index in [1.807, 2.05) is 52.0 Å². The lowest BCUT2D eigenvalue weighted by Crippen LogP contribution is -2.63. The summed E-state index contributed by atoms with van der Waals surface area (Å²) in [4.78, 5) is 17.9. The fraction of sp³-hybridized carbons (Fsp3) is 0.579. The molecule has 0 aromatic heterocycles. The molecule has 1 aromatic rings. The van der Waals surface area contributed by atoms with E-state index in [2.05, 4.69) is 15.6 Å². The molecule has 1 aliphatic rings. The van der Waals surface area contributed by atoms with Gasteiger partial charge >= 0.3 is 6.09 Å². The molecule has 144 valence electrons. The van der Waals surface area contributed by atoms with Gasteiger partial charge in [-0.1, -0.05) is 12.1 Å². The van der Waals surface area contributed by atoms with Gasteiger partial charge in [-0.05, 0) is 45.4 Å². The van der Waals surface area contributed by atoms with E-state index in [4.69, 9.17) is 9.47 Å². The molecule has 0 aliphatic carbocycles. The van der Waals surface area contributed by atoms with Crippen molar-refractivity contribution in [3.05, 3.63) is 29.8 Å². The fourth-order valence-electron chi connectivity index (χ4n) is 2.53. The van der Waals surface area contributed by atoms with Crippen LogP contribution in [0.4, 0.5) is 4.79 Å². The van der Waals surface area contributed by atoms with Crippen LogP contribution < -0.4 is 15.4 Å². The average molecular weight is 362 g/mol. The van der Waals surface area contributed by atoms with Crippen molar-refractivity contribution in [1.82, 2.24) is 15.5 Å². The smallest absolute Gasteiger partial charge is 0.410 e. The van der Waals surface area contributed by atoms with Gasteiger partial charge in [-0.25, -0.2) is 4.79 Å². The number of guanidine groups is 1. The van der Waals surface area contributed by atoms with Crippen LogP contribution in [0.15, 0.2) is 29.3 Å². The van der Waals surface area contributed by atoms with Gasteiger partial charge in [-0.15, -0.1) is 0 Å². The minimum absolute atomic E-state index is 0.170. The number of ether oxygens (including phenoxy) is 2. The van der Waals surface area contributed by atoms with Crippen LogP contribution in [0.2, 0.25) is 0 Å². The molecule has 1 saturated heterocycles. The highest BCUT2D eigenvalue weighted by Crippen LogP contribution is 2.15. The van der Waals surface area contributed by atoms with E-state index < -0.39 is 5.60 Å². The Morgan fingerprint density at radius 1 is 1.35 bits per heavy atom. The maximum atomic E-state index is 12.0. The van der Waals surface area contributed by atoms with Gasteiger partial charge < -0.3 is 25.0 Å². The molecule has 0 atom stereocenters. The Labute approximate surface area is 155 Å². The second kappa shape index (κ2) is 8.78. The second-order valence-corrected chi connectivity index (χ2v) is 7.23. The lowest BCUT2D eigenvalue weighted by atomic mass is 10.1. The van der Waals surface area contributed by atoms with E-state index in [1.165, 1.54) is 0 Å². The van der Waals surface area contributed by atoms with E-state index in [0.29, 0.717) is 32.2 Å². The zero-order valence-electron chi connectivity index (χ0n) is 16.3. The van der Waals surface area contributed by atoms with Crippen molar-refractivity contribution in [1.29, 1.82) is 0 Å². The van der Waals surface area contributed by atoms with Gasteiger partial charge in [-0.2, -0.15) is 0 Å². The number of nitrogens with zero attached hydrogens (tertiary/aromatic N) is 2. The molecule has 1 heterocycles. The van der Waals surface area contributed by atoms with Crippen molar-refractivity contribution in [2.75, 3.05) is 26.7 Å². The largest absolute Gasteiger partial charge is 0.494 e. The molecule has 1 fully saturated rings. The van der Waals surface area contributed by atoms with Crippen molar-refractivity contribution >= 4 is 12.1 Å². The Hall–Kier alpha value is -2.44. The van der Waals surface area contributed by atoms with Gasteiger partial charge in [0.2, 0.25) is 0 Å². The van der Waals surface area contributed by atoms with Crippen molar-refractivity contribution in [3.8, 4) is 5.75 Å². The molecule has 0 unspecified atom stereocenters. The van der Waals surface area contributed by atoms with Gasteiger partial charge in [0, 0.05) is 26.7 Å². The summed E-state index contributed by atoms with van der Waals surface area (Å²) in [6.07, 6.45) is -0.272. The third-order valence-electron chi connectivity index (χ3n) is 3.77. The highest BCUT2D eigenvalue weighted by atomic mass is 16.6. The molecule has 26 heavy (non-hydrogen) atoms. The van der Waals surface area contributed by atoms with Gasteiger partial charge in [0.05, 0.1) is 12.6 Å². The van der Waals surface area contributed by atoms with Gasteiger partial charge in [0.1, 0.15) is 11.4 Å². The molecule has 2 rings (SSSR count). The number of aliphatic imine (C=N–C) groups is 1. The first kappa shape index (κ1) is 19.9. The van der Waals surface area contributed by atoms with Crippen LogP contribution in [0.5, 0.6) is 5.75 Å². The number of hydrogen-bond acceptors (Lipinski definition) is 4. The molecular formula is C19H30N4O3. The highest BCUT2D eigenvalue weighted by Gasteiger charge is 2.34. The number of carbonyl (C=O) groups excluding carboxylic acids is 1. The summed E-state index contributed by atoms with van der Waals surface area (Å²) in [5.74, 6) is 1.57. The Kier molecular flexibility index (Phi) is 6.71. The summed E-state index contributed by atoms with van der Waals surface area (Å²) >= 11 is 0. The third kappa shape index (κ3) is 6.13. The molecule has 1 aliphatic heterocycles. The first-order valence-electron chi connectivity index (χ1n) is 8.97. The Morgan fingerprint density at radius 2 is 2.08 bits per heavy atom. The number of nitrogens with one attached hydrogen (secondary N) is 2. The maximum absolute atomic E-state index is 12.0. The predicted molar refractivity (Wildman–Crippen MR) is 103 cm³/mol. The SMILES string of the molecule is CCOc1cccc(CNC(=NC)NC2CN(C(=O)OC(C)(C)C)C2)c1. The summed E-state index contributed by atoms with van der Waals surface area (Å²) < 4.78 is 10.9. The Morgan fingerprint density at radius 3 is 2.69 bits per heavy atom. The van der Waals surface area contributed by atoms with Crippen molar-refractivity contribution in [2.45, 2.75) is 45.9 Å².